The molecule has 1 N–H and O–H groups in total. The number of para-hydroxylation sites is 1. The Morgan fingerprint density at radius 3 is 2.32 bits per heavy atom. The number of sulfonamides is 1. The molecule has 0 unspecified atom stereocenters. The number of halogens is 3. The van der Waals surface area contributed by atoms with E-state index < -0.39 is 15.8 Å². The molecule has 0 amide bonds. The third-order valence-electron chi connectivity index (χ3n) is 2.32. The normalized spacial score (nSPS) is 11.3. The highest BCUT2D eigenvalue weighted by molar-refractivity contribution is 7.92. The summed E-state index contributed by atoms with van der Waals surface area (Å²) in [4.78, 5) is -0.0925. The zero-order valence-electron chi connectivity index (χ0n) is 9.40. The molecule has 0 bridgehead atoms. The van der Waals surface area contributed by atoms with Gasteiger partial charge in [0.1, 0.15) is 5.82 Å². The van der Waals surface area contributed by atoms with Crippen molar-refractivity contribution in [1.29, 1.82) is 0 Å². The fourth-order valence-electron chi connectivity index (χ4n) is 1.39. The van der Waals surface area contributed by atoms with Crippen LogP contribution in [0.2, 0.25) is 10.0 Å². The van der Waals surface area contributed by atoms with Crippen molar-refractivity contribution in [2.75, 3.05) is 4.72 Å². The molecule has 0 aromatic heterocycles. The molecule has 3 nitrogen and oxygen atoms in total. The first-order valence-corrected chi connectivity index (χ1v) is 7.36. The summed E-state index contributed by atoms with van der Waals surface area (Å²) in [6.45, 7) is 0. The molecule has 0 aliphatic rings. The molecule has 0 aliphatic carbocycles. The van der Waals surface area contributed by atoms with Gasteiger partial charge in [-0.25, -0.2) is 12.8 Å². The minimum absolute atomic E-state index is 0.0925. The molecule has 7 heteroatoms. The molecule has 0 saturated heterocycles. The Bertz CT molecular complexity index is 719. The van der Waals surface area contributed by atoms with E-state index in [1.54, 1.807) is 0 Å². The molecular weight excluding hydrogens is 312 g/mol. The summed E-state index contributed by atoms with van der Waals surface area (Å²) < 4.78 is 39.6. The average molecular weight is 320 g/mol. The van der Waals surface area contributed by atoms with Gasteiger partial charge in [-0.15, -0.1) is 0 Å². The standard InChI is InChI=1S/C12H8Cl2FNO2S/c13-9-6-5-8(7-10(9)14)19(17,18)16-12-4-2-1-3-11(12)15/h1-7,16H. The molecular formula is C12H8Cl2FNO2S. The lowest BCUT2D eigenvalue weighted by Crippen LogP contribution is -2.13. The van der Waals surface area contributed by atoms with Crippen molar-refractivity contribution in [3.8, 4) is 0 Å². The van der Waals surface area contributed by atoms with Gasteiger partial charge in [-0.05, 0) is 30.3 Å². The van der Waals surface area contributed by atoms with E-state index >= 15 is 0 Å². The van der Waals surface area contributed by atoms with Gasteiger partial charge in [0, 0.05) is 0 Å². The molecule has 2 aromatic rings. The highest BCUT2D eigenvalue weighted by Gasteiger charge is 2.17. The average Bonchev–Trinajstić information content (AvgIpc) is 2.35. The lowest BCUT2D eigenvalue weighted by atomic mass is 10.3. The fraction of sp³-hybridized carbons (Fsp3) is 0. The van der Waals surface area contributed by atoms with Gasteiger partial charge in [0.05, 0.1) is 20.6 Å². The third kappa shape index (κ3) is 3.18. The minimum Gasteiger partial charge on any atom is -0.277 e. The van der Waals surface area contributed by atoms with Crippen LogP contribution >= 0.6 is 23.2 Å². The Labute approximate surface area is 120 Å². The van der Waals surface area contributed by atoms with Crippen molar-refractivity contribution in [2.45, 2.75) is 4.90 Å². The van der Waals surface area contributed by atoms with Crippen molar-refractivity contribution in [1.82, 2.24) is 0 Å². The quantitative estimate of drug-likeness (QED) is 0.931. The molecule has 19 heavy (non-hydrogen) atoms. The molecule has 0 spiro atoms. The molecule has 0 fully saturated rings. The van der Waals surface area contributed by atoms with E-state index in [0.717, 1.165) is 6.07 Å². The molecule has 0 atom stereocenters. The van der Waals surface area contributed by atoms with E-state index in [4.69, 9.17) is 23.2 Å². The van der Waals surface area contributed by atoms with Gasteiger partial charge in [-0.2, -0.15) is 0 Å². The molecule has 2 aromatic carbocycles. The molecule has 100 valence electrons. The number of nitrogens with one attached hydrogen (secondary N) is 1. The fourth-order valence-corrected chi connectivity index (χ4v) is 2.85. The Balaban J connectivity index is 2.38. The number of benzene rings is 2. The van der Waals surface area contributed by atoms with Gasteiger partial charge in [-0.1, -0.05) is 35.3 Å². The Morgan fingerprint density at radius 1 is 1.00 bits per heavy atom. The van der Waals surface area contributed by atoms with Gasteiger partial charge in [0.15, 0.2) is 0 Å². The van der Waals surface area contributed by atoms with Gasteiger partial charge >= 0.3 is 0 Å². The highest BCUT2D eigenvalue weighted by Crippen LogP contribution is 2.26. The van der Waals surface area contributed by atoms with Crippen LogP contribution in [0.15, 0.2) is 47.4 Å². The van der Waals surface area contributed by atoms with Gasteiger partial charge in [0.25, 0.3) is 10.0 Å². The van der Waals surface area contributed by atoms with Gasteiger partial charge in [0.2, 0.25) is 0 Å². The van der Waals surface area contributed by atoms with Crippen molar-refractivity contribution in [3.63, 3.8) is 0 Å². The summed E-state index contributed by atoms with van der Waals surface area (Å²) in [5.74, 6) is -0.661. The van der Waals surface area contributed by atoms with Crippen molar-refractivity contribution in [2.24, 2.45) is 0 Å². The van der Waals surface area contributed by atoms with Crippen LogP contribution in [0, 0.1) is 5.82 Å². The van der Waals surface area contributed by atoms with Crippen molar-refractivity contribution in [3.05, 3.63) is 58.3 Å². The first kappa shape index (κ1) is 14.1. The summed E-state index contributed by atoms with van der Waals surface area (Å²) in [5, 5.41) is 0.351. The predicted octanol–water partition coefficient (Wildman–Crippen LogP) is 3.93. The van der Waals surface area contributed by atoms with Crippen LogP contribution in [0.25, 0.3) is 0 Å². The van der Waals surface area contributed by atoms with Crippen LogP contribution in [0.4, 0.5) is 10.1 Å². The number of rotatable bonds is 3. The predicted molar refractivity (Wildman–Crippen MR) is 73.7 cm³/mol. The molecule has 0 radical (unpaired) electrons. The Morgan fingerprint density at radius 2 is 1.68 bits per heavy atom. The maximum Gasteiger partial charge on any atom is 0.262 e. The maximum absolute atomic E-state index is 13.4. The van der Waals surface area contributed by atoms with E-state index in [1.165, 1.54) is 36.4 Å². The molecule has 0 heterocycles. The second-order valence-electron chi connectivity index (χ2n) is 3.66. The van der Waals surface area contributed by atoms with Crippen LogP contribution in [-0.2, 0) is 10.0 Å². The second-order valence-corrected chi connectivity index (χ2v) is 6.16. The lowest BCUT2D eigenvalue weighted by Gasteiger charge is -2.09. The Kier molecular flexibility index (Phi) is 3.99. The zero-order chi connectivity index (χ0) is 14.0. The summed E-state index contributed by atoms with van der Waals surface area (Å²) in [5.41, 5.74) is -0.131. The third-order valence-corrected chi connectivity index (χ3v) is 4.42. The number of anilines is 1. The maximum atomic E-state index is 13.4. The van der Waals surface area contributed by atoms with Crippen molar-refractivity contribution < 1.29 is 12.8 Å². The second kappa shape index (κ2) is 5.36. The van der Waals surface area contributed by atoms with E-state index in [1.807, 2.05) is 0 Å². The monoisotopic (exact) mass is 319 g/mol. The van der Waals surface area contributed by atoms with E-state index in [0.29, 0.717) is 0 Å². The summed E-state index contributed by atoms with van der Waals surface area (Å²) in [7, 11) is -3.91. The number of hydrogen-bond acceptors (Lipinski definition) is 2. The zero-order valence-corrected chi connectivity index (χ0v) is 11.7. The van der Waals surface area contributed by atoms with Gasteiger partial charge < -0.3 is 0 Å². The van der Waals surface area contributed by atoms with Crippen LogP contribution in [0.1, 0.15) is 0 Å². The lowest BCUT2D eigenvalue weighted by molar-refractivity contribution is 0.598. The van der Waals surface area contributed by atoms with Crippen molar-refractivity contribution >= 4 is 38.9 Å². The summed E-state index contributed by atoms with van der Waals surface area (Å²) in [6.07, 6.45) is 0. The van der Waals surface area contributed by atoms with Gasteiger partial charge in [-0.3, -0.25) is 4.72 Å². The highest BCUT2D eigenvalue weighted by atomic mass is 35.5. The largest absolute Gasteiger partial charge is 0.277 e. The van der Waals surface area contributed by atoms with E-state index in [9.17, 15) is 12.8 Å². The minimum atomic E-state index is -3.91. The topological polar surface area (TPSA) is 46.2 Å². The molecule has 0 aliphatic heterocycles. The van der Waals surface area contributed by atoms with E-state index in [-0.39, 0.29) is 20.6 Å². The van der Waals surface area contributed by atoms with Crippen LogP contribution in [0.5, 0.6) is 0 Å². The smallest absolute Gasteiger partial charge is 0.262 e. The number of hydrogen-bond donors (Lipinski definition) is 1. The summed E-state index contributed by atoms with van der Waals surface area (Å²) in [6, 6.07) is 9.32. The SMILES string of the molecule is O=S(=O)(Nc1ccccc1F)c1ccc(Cl)c(Cl)c1. The van der Waals surface area contributed by atoms with Crippen LogP contribution < -0.4 is 4.72 Å². The Hall–Kier alpha value is -1.30. The molecule has 2 rings (SSSR count). The first-order chi connectivity index (χ1) is 8.90. The molecule has 0 saturated carbocycles. The van der Waals surface area contributed by atoms with Crippen LogP contribution in [-0.4, -0.2) is 8.42 Å². The van der Waals surface area contributed by atoms with Crippen LogP contribution in [0.3, 0.4) is 0 Å². The summed E-state index contributed by atoms with van der Waals surface area (Å²) >= 11 is 11.5. The first-order valence-electron chi connectivity index (χ1n) is 5.12. The van der Waals surface area contributed by atoms with E-state index in [2.05, 4.69) is 4.72 Å².